The molecule has 1 aromatic carbocycles. The van der Waals surface area contributed by atoms with Crippen LogP contribution in [0.3, 0.4) is 0 Å². The highest BCUT2D eigenvalue weighted by Crippen LogP contribution is 2.33. The first-order valence-corrected chi connectivity index (χ1v) is 6.72. The Bertz CT molecular complexity index is 419. The number of aliphatic hydroxyl groups is 1. The summed E-state index contributed by atoms with van der Waals surface area (Å²) in [6.45, 7) is 8.00. The molecule has 2 nitrogen and oxygen atoms in total. The molecule has 1 aliphatic heterocycles. The van der Waals surface area contributed by atoms with Gasteiger partial charge in [0.25, 0.3) is 0 Å². The molecule has 100 valence electrons. The standard InChI is InChI=1S/C15H22FNO/c1-10-7-8-17(9-11(10)2)14-6-4-5-13(16)15(14)12(3)18/h4-6,10-12,18H,7-9H2,1-3H3/t10?,11?,12-/m1/s1. The number of anilines is 1. The molecule has 18 heavy (non-hydrogen) atoms. The number of piperidine rings is 1. The van der Waals surface area contributed by atoms with E-state index in [9.17, 15) is 9.50 Å². The first kappa shape index (κ1) is 13.3. The van der Waals surface area contributed by atoms with E-state index < -0.39 is 6.10 Å². The molecule has 0 spiro atoms. The smallest absolute Gasteiger partial charge is 0.131 e. The zero-order valence-electron chi connectivity index (χ0n) is 11.4. The molecule has 1 N–H and O–H groups in total. The van der Waals surface area contributed by atoms with E-state index in [1.807, 2.05) is 6.07 Å². The Morgan fingerprint density at radius 1 is 1.33 bits per heavy atom. The van der Waals surface area contributed by atoms with E-state index in [1.165, 1.54) is 6.07 Å². The van der Waals surface area contributed by atoms with Crippen molar-refractivity contribution in [3.8, 4) is 0 Å². The van der Waals surface area contributed by atoms with Gasteiger partial charge < -0.3 is 10.0 Å². The van der Waals surface area contributed by atoms with Gasteiger partial charge in [-0.15, -0.1) is 0 Å². The van der Waals surface area contributed by atoms with Crippen molar-refractivity contribution in [3.63, 3.8) is 0 Å². The van der Waals surface area contributed by atoms with E-state index in [0.29, 0.717) is 17.4 Å². The van der Waals surface area contributed by atoms with Crippen molar-refractivity contribution in [3.05, 3.63) is 29.6 Å². The van der Waals surface area contributed by atoms with Crippen molar-refractivity contribution in [2.24, 2.45) is 11.8 Å². The zero-order valence-corrected chi connectivity index (χ0v) is 11.4. The first-order valence-electron chi connectivity index (χ1n) is 6.72. The number of hydrogen-bond donors (Lipinski definition) is 1. The molecule has 3 atom stereocenters. The highest BCUT2D eigenvalue weighted by molar-refractivity contribution is 5.55. The van der Waals surface area contributed by atoms with Crippen molar-refractivity contribution in [1.29, 1.82) is 0 Å². The predicted molar refractivity (Wildman–Crippen MR) is 72.2 cm³/mol. The topological polar surface area (TPSA) is 23.5 Å². The van der Waals surface area contributed by atoms with Crippen molar-refractivity contribution in [1.82, 2.24) is 0 Å². The van der Waals surface area contributed by atoms with Gasteiger partial charge >= 0.3 is 0 Å². The summed E-state index contributed by atoms with van der Waals surface area (Å²) in [7, 11) is 0. The molecule has 0 bridgehead atoms. The maximum atomic E-state index is 13.8. The summed E-state index contributed by atoms with van der Waals surface area (Å²) in [4.78, 5) is 2.20. The number of rotatable bonds is 2. The van der Waals surface area contributed by atoms with Gasteiger partial charge in [0.1, 0.15) is 5.82 Å². The first-order chi connectivity index (χ1) is 8.50. The molecule has 1 heterocycles. The third-order valence-corrected chi connectivity index (χ3v) is 4.12. The molecule has 2 unspecified atom stereocenters. The Morgan fingerprint density at radius 3 is 2.67 bits per heavy atom. The van der Waals surface area contributed by atoms with Gasteiger partial charge in [-0.1, -0.05) is 19.9 Å². The highest BCUT2D eigenvalue weighted by atomic mass is 19.1. The fourth-order valence-electron chi connectivity index (χ4n) is 2.70. The Balaban J connectivity index is 2.31. The van der Waals surface area contributed by atoms with Crippen LogP contribution in [0.5, 0.6) is 0 Å². The predicted octanol–water partition coefficient (Wildman–Crippen LogP) is 3.36. The minimum Gasteiger partial charge on any atom is -0.389 e. The van der Waals surface area contributed by atoms with Gasteiger partial charge in [-0.05, 0) is 37.3 Å². The van der Waals surface area contributed by atoms with Crippen molar-refractivity contribution in [2.75, 3.05) is 18.0 Å². The van der Waals surface area contributed by atoms with Gasteiger partial charge in [-0.2, -0.15) is 0 Å². The Morgan fingerprint density at radius 2 is 2.06 bits per heavy atom. The SMILES string of the molecule is CC1CCN(c2cccc(F)c2[C@@H](C)O)CC1C. The number of benzene rings is 1. The Kier molecular flexibility index (Phi) is 3.91. The quantitative estimate of drug-likeness (QED) is 0.871. The van der Waals surface area contributed by atoms with Gasteiger partial charge in [0, 0.05) is 24.3 Å². The average molecular weight is 251 g/mol. The fourth-order valence-corrected chi connectivity index (χ4v) is 2.70. The number of aliphatic hydroxyl groups excluding tert-OH is 1. The second-order valence-corrected chi connectivity index (χ2v) is 5.54. The third-order valence-electron chi connectivity index (χ3n) is 4.12. The second-order valence-electron chi connectivity index (χ2n) is 5.54. The van der Waals surface area contributed by atoms with E-state index >= 15 is 0 Å². The van der Waals surface area contributed by atoms with E-state index in [1.54, 1.807) is 13.0 Å². The lowest BCUT2D eigenvalue weighted by atomic mass is 9.88. The molecule has 1 fully saturated rings. The minimum absolute atomic E-state index is 0.311. The molecule has 0 saturated carbocycles. The van der Waals surface area contributed by atoms with Gasteiger partial charge in [0.05, 0.1) is 6.10 Å². The largest absolute Gasteiger partial charge is 0.389 e. The van der Waals surface area contributed by atoms with Gasteiger partial charge in [-0.3, -0.25) is 0 Å². The fraction of sp³-hybridized carbons (Fsp3) is 0.600. The molecule has 1 aromatic rings. The minimum atomic E-state index is -0.768. The van der Waals surface area contributed by atoms with Gasteiger partial charge in [0.2, 0.25) is 0 Å². The lowest BCUT2D eigenvalue weighted by Gasteiger charge is -2.38. The Labute approximate surface area is 108 Å². The molecule has 0 amide bonds. The maximum Gasteiger partial charge on any atom is 0.131 e. The molecule has 1 saturated heterocycles. The van der Waals surface area contributed by atoms with Crippen LogP contribution < -0.4 is 4.90 Å². The summed E-state index contributed by atoms with van der Waals surface area (Å²) in [5.74, 6) is 1.00. The second kappa shape index (κ2) is 5.27. The van der Waals surface area contributed by atoms with E-state index in [0.717, 1.165) is 25.2 Å². The molecule has 2 rings (SSSR count). The van der Waals surface area contributed by atoms with Crippen LogP contribution >= 0.6 is 0 Å². The van der Waals surface area contributed by atoms with Crippen molar-refractivity contribution >= 4 is 5.69 Å². The van der Waals surface area contributed by atoms with Crippen molar-refractivity contribution < 1.29 is 9.50 Å². The van der Waals surface area contributed by atoms with Gasteiger partial charge in [-0.25, -0.2) is 4.39 Å². The summed E-state index contributed by atoms with van der Waals surface area (Å²) in [5.41, 5.74) is 1.28. The molecular formula is C15H22FNO. The van der Waals surface area contributed by atoms with E-state index in [-0.39, 0.29) is 5.82 Å². The molecule has 0 aromatic heterocycles. The number of nitrogens with zero attached hydrogens (tertiary/aromatic N) is 1. The normalized spacial score (nSPS) is 26.2. The molecular weight excluding hydrogens is 229 g/mol. The zero-order chi connectivity index (χ0) is 13.3. The van der Waals surface area contributed by atoms with Crippen LogP contribution in [0.1, 0.15) is 38.9 Å². The maximum absolute atomic E-state index is 13.8. The van der Waals surface area contributed by atoms with Crippen molar-refractivity contribution in [2.45, 2.75) is 33.3 Å². The lowest BCUT2D eigenvalue weighted by Crippen LogP contribution is -2.39. The summed E-state index contributed by atoms with van der Waals surface area (Å²) >= 11 is 0. The van der Waals surface area contributed by atoms with Gasteiger partial charge in [0.15, 0.2) is 0 Å². The summed E-state index contributed by atoms with van der Waals surface area (Å²) < 4.78 is 13.8. The lowest BCUT2D eigenvalue weighted by molar-refractivity contribution is 0.194. The van der Waals surface area contributed by atoms with Crippen LogP contribution in [-0.2, 0) is 0 Å². The van der Waals surface area contributed by atoms with Crippen LogP contribution in [-0.4, -0.2) is 18.2 Å². The van der Waals surface area contributed by atoms with Crippen LogP contribution in [0.2, 0.25) is 0 Å². The van der Waals surface area contributed by atoms with Crippen LogP contribution in [0.15, 0.2) is 18.2 Å². The monoisotopic (exact) mass is 251 g/mol. The van der Waals surface area contributed by atoms with Crippen LogP contribution in [0.25, 0.3) is 0 Å². The van der Waals surface area contributed by atoms with E-state index in [4.69, 9.17) is 0 Å². The molecule has 1 aliphatic rings. The molecule has 0 radical (unpaired) electrons. The summed E-state index contributed by atoms with van der Waals surface area (Å²) in [5, 5.41) is 9.77. The summed E-state index contributed by atoms with van der Waals surface area (Å²) in [6.07, 6.45) is 0.354. The Hall–Kier alpha value is -1.09. The number of hydrogen-bond acceptors (Lipinski definition) is 2. The highest BCUT2D eigenvalue weighted by Gasteiger charge is 2.26. The third kappa shape index (κ3) is 2.51. The van der Waals surface area contributed by atoms with Crippen LogP contribution in [0, 0.1) is 17.7 Å². The average Bonchev–Trinajstić information content (AvgIpc) is 2.32. The summed E-state index contributed by atoms with van der Waals surface area (Å²) in [6, 6.07) is 5.05. The molecule has 3 heteroatoms. The number of halogens is 1. The van der Waals surface area contributed by atoms with Crippen LogP contribution in [0.4, 0.5) is 10.1 Å². The molecule has 0 aliphatic carbocycles. The van der Waals surface area contributed by atoms with E-state index in [2.05, 4.69) is 18.7 Å².